The average molecular weight is 176 g/mol. The van der Waals surface area contributed by atoms with Crippen LogP contribution >= 0.6 is 12.6 Å². The summed E-state index contributed by atoms with van der Waals surface area (Å²) < 4.78 is 0. The summed E-state index contributed by atoms with van der Waals surface area (Å²) in [5, 5.41) is 4.84. The van der Waals surface area contributed by atoms with Gasteiger partial charge in [0.25, 0.3) is 0 Å². The minimum absolute atomic E-state index is 0.110. The molecule has 1 atom stereocenters. The molecule has 2 N–H and O–H groups in total. The highest BCUT2D eigenvalue weighted by atomic mass is 32.1. The van der Waals surface area contributed by atoms with Crippen molar-refractivity contribution in [1.29, 1.82) is 0 Å². The van der Waals surface area contributed by atoms with Gasteiger partial charge in [0.05, 0.1) is 6.04 Å². The quantitative estimate of drug-likeness (QED) is 0.490. The molecule has 0 aromatic carbocycles. The van der Waals surface area contributed by atoms with Gasteiger partial charge in [-0.2, -0.15) is 0 Å². The molecule has 0 aromatic rings. The number of likely N-dealkylation sites (N-methyl/N-ethyl adjacent to an activating group) is 2. The van der Waals surface area contributed by atoms with Gasteiger partial charge in [-0.1, -0.05) is 0 Å². The fourth-order valence-electron chi connectivity index (χ4n) is 0.675. The Bertz CT molecular complexity index is 161. The smallest absolute Gasteiger partial charge is 0.237 e. The van der Waals surface area contributed by atoms with Crippen LogP contribution in [-0.2, 0) is 9.59 Å². The van der Waals surface area contributed by atoms with Gasteiger partial charge in [-0.15, -0.1) is 12.6 Å². The molecule has 0 aliphatic carbocycles. The van der Waals surface area contributed by atoms with Crippen molar-refractivity contribution in [1.82, 2.24) is 10.6 Å². The molecule has 0 bridgehead atoms. The summed E-state index contributed by atoms with van der Waals surface area (Å²) >= 11 is 3.57. The summed E-state index contributed by atoms with van der Waals surface area (Å²) in [5.41, 5.74) is 0. The molecule has 1 amide bonds. The Morgan fingerprint density at radius 2 is 2.00 bits per heavy atom. The van der Waals surface area contributed by atoms with E-state index in [1.165, 1.54) is 7.05 Å². The van der Waals surface area contributed by atoms with Crippen LogP contribution in [0, 0.1) is 0 Å². The second-order valence-corrected chi connectivity index (χ2v) is 2.55. The number of rotatable bonds is 4. The van der Waals surface area contributed by atoms with Crippen LogP contribution in [0.25, 0.3) is 0 Å². The molecule has 0 spiro atoms. The van der Waals surface area contributed by atoms with Gasteiger partial charge in [0.15, 0.2) is 5.12 Å². The van der Waals surface area contributed by atoms with E-state index < -0.39 is 6.04 Å². The van der Waals surface area contributed by atoms with Crippen molar-refractivity contribution in [3.8, 4) is 0 Å². The number of thiol groups is 1. The van der Waals surface area contributed by atoms with E-state index in [1.807, 2.05) is 0 Å². The summed E-state index contributed by atoms with van der Waals surface area (Å²) in [5.74, 6) is -0.199. The number of carbonyl (C=O) groups excluding carboxylic acids is 2. The van der Waals surface area contributed by atoms with Crippen LogP contribution in [0.2, 0.25) is 0 Å². The molecule has 64 valence electrons. The Labute approximate surface area is 71.1 Å². The van der Waals surface area contributed by atoms with Crippen molar-refractivity contribution in [2.24, 2.45) is 0 Å². The summed E-state index contributed by atoms with van der Waals surface area (Å²) in [6, 6.07) is -0.468. The van der Waals surface area contributed by atoms with Crippen LogP contribution in [0.4, 0.5) is 0 Å². The molecule has 0 saturated carbocycles. The highest BCUT2D eigenvalue weighted by Crippen LogP contribution is 1.95. The minimum atomic E-state index is -0.468. The Kier molecular flexibility index (Phi) is 4.89. The lowest BCUT2D eigenvalue weighted by Gasteiger charge is -2.11. The number of carbonyl (C=O) groups is 2. The van der Waals surface area contributed by atoms with Crippen molar-refractivity contribution < 1.29 is 9.59 Å². The molecule has 1 unspecified atom stereocenters. The van der Waals surface area contributed by atoms with Crippen LogP contribution in [0.15, 0.2) is 0 Å². The van der Waals surface area contributed by atoms with Gasteiger partial charge in [0.1, 0.15) is 0 Å². The first kappa shape index (κ1) is 10.4. The fourth-order valence-corrected chi connectivity index (χ4v) is 0.857. The van der Waals surface area contributed by atoms with Crippen molar-refractivity contribution >= 4 is 23.7 Å². The van der Waals surface area contributed by atoms with E-state index in [-0.39, 0.29) is 17.4 Å². The van der Waals surface area contributed by atoms with Crippen LogP contribution in [-0.4, -0.2) is 31.2 Å². The second-order valence-electron chi connectivity index (χ2n) is 2.05. The fraction of sp³-hybridized carbons (Fsp3) is 0.667. The van der Waals surface area contributed by atoms with E-state index in [4.69, 9.17) is 0 Å². The maximum absolute atomic E-state index is 10.9. The van der Waals surface area contributed by atoms with Gasteiger partial charge in [-0.05, 0) is 7.05 Å². The van der Waals surface area contributed by atoms with E-state index in [0.29, 0.717) is 0 Å². The first-order chi connectivity index (χ1) is 5.11. The molecule has 0 aromatic heterocycles. The maximum Gasteiger partial charge on any atom is 0.237 e. The van der Waals surface area contributed by atoms with Crippen LogP contribution < -0.4 is 10.6 Å². The molecular weight excluding hydrogens is 164 g/mol. The van der Waals surface area contributed by atoms with Crippen molar-refractivity contribution in [2.45, 2.75) is 12.5 Å². The van der Waals surface area contributed by atoms with Crippen molar-refractivity contribution in [3.63, 3.8) is 0 Å². The van der Waals surface area contributed by atoms with E-state index >= 15 is 0 Å². The van der Waals surface area contributed by atoms with E-state index in [9.17, 15) is 9.59 Å². The molecule has 11 heavy (non-hydrogen) atoms. The zero-order chi connectivity index (χ0) is 8.85. The Balaban J connectivity index is 3.94. The molecule has 0 radical (unpaired) electrons. The highest BCUT2D eigenvalue weighted by Gasteiger charge is 2.16. The monoisotopic (exact) mass is 176 g/mol. The third-order valence-corrected chi connectivity index (χ3v) is 1.47. The SMILES string of the molecule is CNC(=O)C(CC(=O)S)NC. The van der Waals surface area contributed by atoms with E-state index in [0.717, 1.165) is 0 Å². The molecule has 0 fully saturated rings. The standard InChI is InChI=1S/C6H12N2O2S/c1-7-4(3-5(9)11)6(10)8-2/h4,7H,3H2,1-2H3,(H,8,10)(H,9,11). The number of nitrogens with one attached hydrogen (secondary N) is 2. The van der Waals surface area contributed by atoms with E-state index in [1.54, 1.807) is 7.05 Å². The summed E-state index contributed by atoms with van der Waals surface area (Å²) in [6.45, 7) is 0. The number of amides is 1. The van der Waals surface area contributed by atoms with Crippen LogP contribution in [0.1, 0.15) is 6.42 Å². The zero-order valence-corrected chi connectivity index (χ0v) is 7.44. The Morgan fingerprint density at radius 3 is 2.27 bits per heavy atom. The molecule has 0 saturated heterocycles. The third kappa shape index (κ3) is 4.00. The molecule has 0 aliphatic heterocycles. The normalized spacial score (nSPS) is 12.3. The maximum atomic E-state index is 10.9. The van der Waals surface area contributed by atoms with Crippen LogP contribution in [0.3, 0.4) is 0 Å². The van der Waals surface area contributed by atoms with Crippen molar-refractivity contribution in [3.05, 3.63) is 0 Å². The molecular formula is C6H12N2O2S. The van der Waals surface area contributed by atoms with E-state index in [2.05, 4.69) is 23.3 Å². The average Bonchev–Trinajstić information content (AvgIpc) is 1.98. The summed E-state index contributed by atoms with van der Waals surface area (Å²) in [7, 11) is 3.15. The minimum Gasteiger partial charge on any atom is -0.358 e. The Hall–Kier alpha value is -0.550. The lowest BCUT2D eigenvalue weighted by atomic mass is 10.2. The summed E-state index contributed by atoms with van der Waals surface area (Å²) in [6.07, 6.45) is 0.110. The zero-order valence-electron chi connectivity index (χ0n) is 6.55. The topological polar surface area (TPSA) is 58.2 Å². The Morgan fingerprint density at radius 1 is 1.45 bits per heavy atom. The molecule has 0 rings (SSSR count). The lowest BCUT2D eigenvalue weighted by molar-refractivity contribution is -0.124. The number of hydrogen-bond donors (Lipinski definition) is 3. The lowest BCUT2D eigenvalue weighted by Crippen LogP contribution is -2.41. The van der Waals surface area contributed by atoms with Gasteiger partial charge >= 0.3 is 0 Å². The predicted molar refractivity (Wildman–Crippen MR) is 45.5 cm³/mol. The molecule has 0 heterocycles. The third-order valence-electron chi connectivity index (χ3n) is 1.29. The summed E-state index contributed by atoms with van der Waals surface area (Å²) in [4.78, 5) is 21.4. The largest absolute Gasteiger partial charge is 0.358 e. The van der Waals surface area contributed by atoms with Crippen molar-refractivity contribution in [2.75, 3.05) is 14.1 Å². The molecule has 0 aliphatic rings. The highest BCUT2D eigenvalue weighted by molar-refractivity contribution is 7.96. The van der Waals surface area contributed by atoms with Gasteiger partial charge in [-0.25, -0.2) is 0 Å². The first-order valence-corrected chi connectivity index (χ1v) is 3.67. The van der Waals surface area contributed by atoms with Gasteiger partial charge in [0, 0.05) is 13.5 Å². The van der Waals surface area contributed by atoms with Gasteiger partial charge < -0.3 is 10.6 Å². The molecule has 5 heteroatoms. The second kappa shape index (κ2) is 5.15. The van der Waals surface area contributed by atoms with Crippen LogP contribution in [0.5, 0.6) is 0 Å². The van der Waals surface area contributed by atoms with Gasteiger partial charge in [0.2, 0.25) is 5.91 Å². The number of hydrogen-bond acceptors (Lipinski definition) is 3. The van der Waals surface area contributed by atoms with Gasteiger partial charge in [-0.3, -0.25) is 9.59 Å². The first-order valence-electron chi connectivity index (χ1n) is 3.22. The predicted octanol–water partition coefficient (Wildman–Crippen LogP) is -0.833. The molecule has 4 nitrogen and oxygen atoms in total.